The number of hydrogen-bond acceptors (Lipinski definition) is 16. The number of amides is 7. The van der Waals surface area contributed by atoms with E-state index in [1.165, 1.54) is 27.7 Å². The van der Waals surface area contributed by atoms with Crippen LogP contribution in [-0.2, 0) is 101 Å². The largest absolute Gasteiger partial charge is 1.00 e. The molecule has 7 aliphatic rings. The third-order valence-electron chi connectivity index (χ3n) is 12.0. The number of aliphatic imine (C=N–C) groups is 1. The number of hydrogen-bond donors (Lipinski definition) is 9. The number of nitrogens with one attached hydrogen (secondary N) is 9. The van der Waals surface area contributed by atoms with Gasteiger partial charge in [0.05, 0.1) is 30.4 Å². The first-order valence-corrected chi connectivity index (χ1v) is 28.4. The Kier molecular flexibility index (Phi) is 55.5. The summed E-state index contributed by atoms with van der Waals surface area (Å²) < 4.78 is 0. The van der Waals surface area contributed by atoms with E-state index in [2.05, 4.69) is 84.4 Å². The zero-order chi connectivity index (χ0) is 62.0. The third kappa shape index (κ3) is 43.4. The predicted molar refractivity (Wildman–Crippen MR) is 314 cm³/mol. The van der Waals surface area contributed by atoms with E-state index >= 15 is 0 Å². The number of allylic oxidation sites excluding steroid dienone is 2. The van der Waals surface area contributed by atoms with Crippen molar-refractivity contribution in [2.24, 2.45) is 4.99 Å². The molecule has 87 heavy (non-hydrogen) atoms. The second-order valence-electron chi connectivity index (χ2n) is 18.8. The molecule has 8 heterocycles. The fraction of sp³-hybridized carbons (Fsp3) is 0.625. The minimum atomic E-state index is -0.761. The van der Waals surface area contributed by atoms with Crippen molar-refractivity contribution in [3.05, 3.63) is 75.0 Å². The summed E-state index contributed by atoms with van der Waals surface area (Å²) in [6, 6.07) is 12.1. The Morgan fingerprint density at radius 1 is 0.529 bits per heavy atom. The average molecular weight is 1490 g/mol. The smallest absolute Gasteiger partial charge is 0.855 e. The van der Waals surface area contributed by atoms with Gasteiger partial charge < -0.3 is 79.2 Å². The molecule has 492 valence electrons. The van der Waals surface area contributed by atoms with E-state index < -0.39 is 47.2 Å². The predicted octanol–water partition coefficient (Wildman–Crippen LogP) is 4.07. The SMILES string of the molecule is CC#N.CC#N.CC#N.CC#N.O=C(NC1=CC=CCN1)/C([O-])=N/C1CCCC[N-]1.O=C(NC1CCCC[N-]1)C(=O)NC1CCCCN1.O=C(NC1CCCC[N-]1)C(=O)NC1CCCC[N-]1.O=C(Nc1ccccn1)C(=O)NC1CCCC[N-]1.[Ag+].[Ag+].[Ag+]. The summed E-state index contributed by atoms with van der Waals surface area (Å²) in [5.41, 5.74) is 0. The van der Waals surface area contributed by atoms with Gasteiger partial charge in [-0.25, -0.2) is 4.98 Å². The molecule has 0 aromatic carbocycles. The van der Waals surface area contributed by atoms with E-state index in [9.17, 15) is 38.7 Å². The fourth-order valence-corrected chi connectivity index (χ4v) is 8.09. The van der Waals surface area contributed by atoms with Gasteiger partial charge in [0.2, 0.25) is 0 Å². The molecule has 0 bridgehead atoms. The molecule has 9 N–H and O–H groups in total. The zero-order valence-corrected chi connectivity index (χ0v) is 54.2. The summed E-state index contributed by atoms with van der Waals surface area (Å²) in [5.74, 6) is -4.30. The molecule has 1 aromatic rings. The molecule has 1 aromatic heterocycles. The van der Waals surface area contributed by atoms with E-state index in [4.69, 9.17) is 21.0 Å². The van der Waals surface area contributed by atoms with Crippen LogP contribution in [0.1, 0.15) is 143 Å². The van der Waals surface area contributed by atoms with Crippen LogP contribution in [0.25, 0.3) is 26.6 Å². The van der Waals surface area contributed by atoms with Crippen LogP contribution >= 0.6 is 0 Å². The number of nitrogens with zero attached hydrogens (tertiary/aromatic N) is 11. The van der Waals surface area contributed by atoms with Gasteiger partial charge in [-0.05, 0) is 50.2 Å². The molecule has 6 unspecified atom stereocenters. The van der Waals surface area contributed by atoms with Crippen molar-refractivity contribution in [2.75, 3.05) is 51.1 Å². The first-order chi connectivity index (χ1) is 40.7. The van der Waals surface area contributed by atoms with Gasteiger partial charge in [-0.15, -0.1) is 32.7 Å². The van der Waals surface area contributed by atoms with Crippen molar-refractivity contribution in [1.82, 2.24) is 47.5 Å². The minimum Gasteiger partial charge on any atom is -0.855 e. The molecule has 6 saturated heterocycles. The summed E-state index contributed by atoms with van der Waals surface area (Å²) in [6.07, 6.45) is 23.3. The van der Waals surface area contributed by atoms with E-state index in [1.54, 1.807) is 54.7 Å². The Bertz CT molecular complexity index is 2200. The van der Waals surface area contributed by atoms with Crippen LogP contribution in [0.5, 0.6) is 0 Å². The van der Waals surface area contributed by atoms with Gasteiger partial charge >= 0.3 is 103 Å². The molecule has 28 nitrogen and oxygen atoms in total. The van der Waals surface area contributed by atoms with Crippen LogP contribution in [0.2, 0.25) is 0 Å². The summed E-state index contributed by atoms with van der Waals surface area (Å²) in [7, 11) is 0. The number of piperidine rings is 6. The summed E-state index contributed by atoms with van der Waals surface area (Å²) in [6.45, 7) is 11.0. The quantitative estimate of drug-likeness (QED) is 0.0767. The number of nitriles is 4. The molecule has 8 rings (SSSR count). The minimum absolute atomic E-state index is 0. The molecule has 31 heteroatoms. The second kappa shape index (κ2) is 56.6. The van der Waals surface area contributed by atoms with Crippen molar-refractivity contribution >= 4 is 53.1 Å². The molecule has 0 spiro atoms. The van der Waals surface area contributed by atoms with Crippen molar-refractivity contribution in [3.8, 4) is 24.3 Å². The van der Waals surface area contributed by atoms with E-state index in [1.807, 2.05) is 12.2 Å². The summed E-state index contributed by atoms with van der Waals surface area (Å²) >= 11 is 0. The molecule has 7 aliphatic heterocycles. The maximum absolute atomic E-state index is 11.7. The Morgan fingerprint density at radius 3 is 1.28 bits per heavy atom. The number of anilines is 1. The number of dihydropyridines is 1. The first kappa shape index (κ1) is 85.3. The van der Waals surface area contributed by atoms with Gasteiger partial charge in [-0.3, -0.25) is 38.9 Å². The monoisotopic (exact) mass is 1490 g/mol. The Morgan fingerprint density at radius 2 is 0.931 bits per heavy atom. The number of aromatic nitrogens is 1. The third-order valence-corrected chi connectivity index (χ3v) is 12.0. The molecule has 0 aliphatic carbocycles. The summed E-state index contributed by atoms with van der Waals surface area (Å²) in [5, 5.41) is 86.3. The fourth-order valence-electron chi connectivity index (χ4n) is 8.09. The Hall–Kier alpha value is -5.87. The normalized spacial score (nSPS) is 21.1. The average Bonchev–Trinajstić information content (AvgIpc) is 3.52. The molecular weight excluding hydrogens is 1400 g/mol. The molecule has 0 saturated carbocycles. The topological polar surface area (TPSA) is 442 Å². The van der Waals surface area contributed by atoms with Crippen LogP contribution in [-0.4, -0.2) is 135 Å². The Labute approximate surface area is 559 Å². The van der Waals surface area contributed by atoms with Crippen molar-refractivity contribution in [1.29, 1.82) is 21.0 Å². The van der Waals surface area contributed by atoms with Crippen LogP contribution in [0, 0.1) is 45.3 Å². The number of carbonyl (C=O) groups excluding carboxylic acids is 7. The van der Waals surface area contributed by atoms with Gasteiger partial charge in [0, 0.05) is 46.3 Å². The van der Waals surface area contributed by atoms with Crippen LogP contribution < -0.4 is 53.0 Å². The molecule has 0 radical (unpaired) electrons. The summed E-state index contributed by atoms with van der Waals surface area (Å²) in [4.78, 5) is 89.2. The molecule has 6 fully saturated rings. The van der Waals surface area contributed by atoms with Gasteiger partial charge in [0.15, 0.2) is 0 Å². The standard InChI is InChI=1S/C12H21N4O2.C12H20N4O2.C12H17N4O2.C12H15N4O2.4C2H3N.3Ag/c4*17-11(15-9-5-1-3-7-13-9)12(18)16-10-6-2-4-8-14-10;4*1-2-3;;;/h9-10,13H,1-8H2,(H,15,17)(H,16,18);9-10H,1-8H2,(H,15,17)(H,16,18);1,3,5,10,13H,2,4,6-8H2,(H,15,17)(H,16,18);1,3,5,7,10H,2,4,6,8H2,(H,16,18)(H,13,15,17);4*1H3;;;/q-1;-2;2*-1;;;;;3*+1/p-1. The first-order valence-electron chi connectivity index (χ1n) is 28.4. The molecular formula is C56H84Ag3N20O8-3. The maximum atomic E-state index is 11.7. The van der Waals surface area contributed by atoms with Gasteiger partial charge in [-0.1, -0.05) is 139 Å². The second-order valence-corrected chi connectivity index (χ2v) is 18.8. The maximum Gasteiger partial charge on any atom is 1.00 e. The van der Waals surface area contributed by atoms with Crippen LogP contribution in [0.3, 0.4) is 0 Å². The molecule has 6 atom stereocenters. The number of pyridine rings is 1. The van der Waals surface area contributed by atoms with Crippen LogP contribution in [0.15, 0.2) is 53.4 Å². The molecule has 7 amide bonds. The van der Waals surface area contributed by atoms with Crippen LogP contribution in [0.4, 0.5) is 5.82 Å². The van der Waals surface area contributed by atoms with E-state index in [-0.39, 0.29) is 104 Å². The Balaban J connectivity index is -0.00000101. The van der Waals surface area contributed by atoms with Gasteiger partial charge in [-0.2, -0.15) is 21.0 Å². The number of carbonyl (C=O) groups is 7. The van der Waals surface area contributed by atoms with Crippen molar-refractivity contribution in [2.45, 2.75) is 180 Å². The number of rotatable bonds is 8. The van der Waals surface area contributed by atoms with Crippen molar-refractivity contribution < 1.29 is 106 Å². The zero-order valence-electron chi connectivity index (χ0n) is 49.8. The van der Waals surface area contributed by atoms with Gasteiger partial charge in [0.1, 0.15) is 11.6 Å². The van der Waals surface area contributed by atoms with Gasteiger partial charge in [0.25, 0.3) is 5.91 Å². The van der Waals surface area contributed by atoms with Crippen molar-refractivity contribution in [3.63, 3.8) is 0 Å². The van der Waals surface area contributed by atoms with E-state index in [0.717, 1.165) is 155 Å². The van der Waals surface area contributed by atoms with E-state index in [0.29, 0.717) is 18.2 Å².